The lowest BCUT2D eigenvalue weighted by Crippen LogP contribution is -2.27. The van der Waals surface area contributed by atoms with Gasteiger partial charge in [0.25, 0.3) is 5.91 Å². The Morgan fingerprint density at radius 3 is 2.74 bits per heavy atom. The minimum atomic E-state index is -0.0670. The van der Waals surface area contributed by atoms with Crippen molar-refractivity contribution in [1.29, 1.82) is 0 Å². The molecule has 4 heteroatoms. The summed E-state index contributed by atoms with van der Waals surface area (Å²) in [5.41, 5.74) is 1.61. The van der Waals surface area contributed by atoms with Crippen molar-refractivity contribution in [2.75, 3.05) is 6.54 Å². The van der Waals surface area contributed by atoms with Crippen LogP contribution in [0.15, 0.2) is 24.3 Å². The van der Waals surface area contributed by atoms with Crippen molar-refractivity contribution in [2.45, 2.75) is 45.6 Å². The number of carbonyl (C=O) groups excluding carboxylic acids is 2. The Morgan fingerprint density at radius 1 is 1.17 bits per heavy atom. The average molecular weight is 314 g/mol. The van der Waals surface area contributed by atoms with Gasteiger partial charge in [-0.2, -0.15) is 0 Å². The fourth-order valence-electron chi connectivity index (χ4n) is 4.22. The van der Waals surface area contributed by atoms with Gasteiger partial charge in [-0.05, 0) is 61.6 Å². The number of amides is 2. The Bertz CT molecular complexity index is 584. The van der Waals surface area contributed by atoms with E-state index in [1.165, 1.54) is 25.7 Å². The third-order valence-corrected chi connectivity index (χ3v) is 5.35. The molecule has 0 unspecified atom stereocenters. The number of rotatable bonds is 6. The maximum atomic E-state index is 12.2. The number of nitrogens with one attached hydrogen (secondary N) is 2. The lowest BCUT2D eigenvalue weighted by molar-refractivity contribution is -0.122. The molecule has 4 nitrogen and oxygen atoms in total. The monoisotopic (exact) mass is 314 g/mol. The minimum Gasteiger partial charge on any atom is -0.352 e. The van der Waals surface area contributed by atoms with Crippen molar-refractivity contribution in [3.05, 3.63) is 35.4 Å². The Labute approximate surface area is 138 Å². The Morgan fingerprint density at radius 2 is 2.04 bits per heavy atom. The van der Waals surface area contributed by atoms with Gasteiger partial charge < -0.3 is 10.6 Å². The number of hydrogen-bond donors (Lipinski definition) is 2. The van der Waals surface area contributed by atoms with Crippen LogP contribution in [0.25, 0.3) is 0 Å². The lowest BCUT2D eigenvalue weighted by Gasteiger charge is -2.20. The van der Waals surface area contributed by atoms with Gasteiger partial charge in [-0.1, -0.05) is 18.6 Å². The van der Waals surface area contributed by atoms with E-state index in [9.17, 15) is 9.59 Å². The summed E-state index contributed by atoms with van der Waals surface area (Å²) in [7, 11) is 0. The molecular formula is C19H26N2O2. The first-order chi connectivity index (χ1) is 11.2. The predicted octanol–water partition coefficient (Wildman–Crippen LogP) is 2.88. The van der Waals surface area contributed by atoms with Crippen LogP contribution >= 0.6 is 0 Å². The largest absolute Gasteiger partial charge is 0.352 e. The molecule has 23 heavy (non-hydrogen) atoms. The Hall–Kier alpha value is -1.84. The third-order valence-electron chi connectivity index (χ3n) is 5.35. The van der Waals surface area contributed by atoms with Crippen LogP contribution in [0, 0.1) is 17.8 Å². The maximum absolute atomic E-state index is 12.2. The molecule has 3 atom stereocenters. The van der Waals surface area contributed by atoms with Gasteiger partial charge in [-0.25, -0.2) is 0 Å². The normalized spacial score (nSPS) is 25.3. The Kier molecular flexibility index (Phi) is 4.99. The first kappa shape index (κ1) is 16.0. The van der Waals surface area contributed by atoms with E-state index < -0.39 is 0 Å². The van der Waals surface area contributed by atoms with Crippen molar-refractivity contribution in [3.8, 4) is 0 Å². The molecule has 0 aliphatic heterocycles. The third kappa shape index (κ3) is 3.92. The van der Waals surface area contributed by atoms with Crippen LogP contribution in [-0.4, -0.2) is 18.4 Å². The summed E-state index contributed by atoms with van der Waals surface area (Å²) < 4.78 is 0. The van der Waals surface area contributed by atoms with Gasteiger partial charge in [0.05, 0.1) is 0 Å². The van der Waals surface area contributed by atoms with E-state index in [-0.39, 0.29) is 11.8 Å². The van der Waals surface area contributed by atoms with Gasteiger partial charge in [-0.3, -0.25) is 9.59 Å². The molecule has 0 heterocycles. The van der Waals surface area contributed by atoms with Gasteiger partial charge in [0.1, 0.15) is 0 Å². The van der Waals surface area contributed by atoms with Gasteiger partial charge >= 0.3 is 0 Å². The lowest BCUT2D eigenvalue weighted by atomic mass is 9.86. The van der Waals surface area contributed by atoms with Crippen LogP contribution in [0.4, 0.5) is 0 Å². The van der Waals surface area contributed by atoms with Crippen LogP contribution in [0.2, 0.25) is 0 Å². The SMILES string of the molecule is CCNC(=O)c1cccc(CNC(=O)C[C@@H]2C[C@H]3CC[C@@H]2C3)c1. The Balaban J connectivity index is 1.49. The molecule has 0 aromatic heterocycles. The van der Waals surface area contributed by atoms with Gasteiger partial charge in [0, 0.05) is 25.1 Å². The average Bonchev–Trinajstić information content (AvgIpc) is 3.16. The molecule has 2 bridgehead atoms. The molecule has 1 aromatic rings. The van der Waals surface area contributed by atoms with Gasteiger partial charge in [0.15, 0.2) is 0 Å². The molecule has 1 aromatic carbocycles. The zero-order valence-corrected chi connectivity index (χ0v) is 13.8. The van der Waals surface area contributed by atoms with E-state index in [1.54, 1.807) is 6.07 Å². The quantitative estimate of drug-likeness (QED) is 0.848. The smallest absolute Gasteiger partial charge is 0.251 e. The van der Waals surface area contributed by atoms with E-state index in [1.807, 2.05) is 25.1 Å². The molecule has 124 valence electrons. The minimum absolute atomic E-state index is 0.0670. The molecule has 0 spiro atoms. The molecule has 3 rings (SSSR count). The number of fused-ring (bicyclic) bond motifs is 2. The molecule has 2 fully saturated rings. The topological polar surface area (TPSA) is 58.2 Å². The number of hydrogen-bond acceptors (Lipinski definition) is 2. The van der Waals surface area contributed by atoms with E-state index >= 15 is 0 Å². The summed E-state index contributed by atoms with van der Waals surface area (Å²) in [4.78, 5) is 24.0. The first-order valence-electron chi connectivity index (χ1n) is 8.79. The fourth-order valence-corrected chi connectivity index (χ4v) is 4.22. The molecular weight excluding hydrogens is 288 g/mol. The standard InChI is InChI=1S/C19H26N2O2/c1-2-20-19(23)16-5-3-4-14(10-16)12-21-18(22)11-17-9-13-6-7-15(17)8-13/h3-5,10,13,15,17H,2,6-9,11-12H2,1H3,(H,20,23)(H,21,22)/t13-,15+,17-/m0/s1. The second kappa shape index (κ2) is 7.16. The molecule has 0 saturated heterocycles. The predicted molar refractivity (Wildman–Crippen MR) is 89.9 cm³/mol. The highest BCUT2D eigenvalue weighted by Crippen LogP contribution is 2.49. The fraction of sp³-hybridized carbons (Fsp3) is 0.579. The zero-order valence-electron chi connectivity index (χ0n) is 13.8. The first-order valence-corrected chi connectivity index (χ1v) is 8.79. The van der Waals surface area contributed by atoms with Crippen molar-refractivity contribution in [2.24, 2.45) is 17.8 Å². The van der Waals surface area contributed by atoms with E-state index in [0.29, 0.717) is 31.0 Å². The van der Waals surface area contributed by atoms with Gasteiger partial charge in [-0.15, -0.1) is 0 Å². The number of benzene rings is 1. The maximum Gasteiger partial charge on any atom is 0.251 e. The van der Waals surface area contributed by atoms with E-state index in [4.69, 9.17) is 0 Å². The van der Waals surface area contributed by atoms with Crippen LogP contribution < -0.4 is 10.6 Å². The molecule has 2 N–H and O–H groups in total. The molecule has 2 aliphatic rings. The van der Waals surface area contributed by atoms with Crippen LogP contribution in [0.3, 0.4) is 0 Å². The van der Waals surface area contributed by atoms with Crippen molar-refractivity contribution >= 4 is 11.8 Å². The molecule has 2 aliphatic carbocycles. The van der Waals surface area contributed by atoms with E-state index in [0.717, 1.165) is 17.4 Å². The van der Waals surface area contributed by atoms with Crippen LogP contribution in [-0.2, 0) is 11.3 Å². The summed E-state index contributed by atoms with van der Waals surface area (Å²) >= 11 is 0. The van der Waals surface area contributed by atoms with Gasteiger partial charge in [0.2, 0.25) is 5.91 Å². The highest BCUT2D eigenvalue weighted by atomic mass is 16.2. The van der Waals surface area contributed by atoms with Crippen molar-refractivity contribution in [1.82, 2.24) is 10.6 Å². The van der Waals surface area contributed by atoms with E-state index in [2.05, 4.69) is 10.6 Å². The van der Waals surface area contributed by atoms with Crippen molar-refractivity contribution in [3.63, 3.8) is 0 Å². The number of carbonyl (C=O) groups is 2. The molecule has 2 saturated carbocycles. The highest BCUT2D eigenvalue weighted by Gasteiger charge is 2.39. The zero-order chi connectivity index (χ0) is 16.2. The summed E-state index contributed by atoms with van der Waals surface area (Å²) in [5, 5.41) is 5.80. The van der Waals surface area contributed by atoms with Crippen molar-refractivity contribution < 1.29 is 9.59 Å². The summed E-state index contributed by atoms with van der Waals surface area (Å²) in [6.07, 6.45) is 5.93. The summed E-state index contributed by atoms with van der Waals surface area (Å²) in [6, 6.07) is 7.46. The summed E-state index contributed by atoms with van der Waals surface area (Å²) in [6.45, 7) is 3.01. The summed E-state index contributed by atoms with van der Waals surface area (Å²) in [5.74, 6) is 2.34. The van der Waals surface area contributed by atoms with Crippen LogP contribution in [0.1, 0.15) is 54.9 Å². The highest BCUT2D eigenvalue weighted by molar-refractivity contribution is 5.94. The molecule has 0 radical (unpaired) electrons. The second-order valence-corrected chi connectivity index (χ2v) is 6.98. The second-order valence-electron chi connectivity index (χ2n) is 6.98. The molecule has 2 amide bonds. The van der Waals surface area contributed by atoms with Crippen LogP contribution in [0.5, 0.6) is 0 Å².